The lowest BCUT2D eigenvalue weighted by atomic mass is 9.89. The Morgan fingerprint density at radius 3 is 2.79 bits per heavy atom. The van der Waals surface area contributed by atoms with Crippen LogP contribution in [0.5, 0.6) is 0 Å². The van der Waals surface area contributed by atoms with E-state index in [1.54, 1.807) is 0 Å². The van der Waals surface area contributed by atoms with Crippen LogP contribution in [0.25, 0.3) is 0 Å². The van der Waals surface area contributed by atoms with Gasteiger partial charge in [-0.05, 0) is 38.6 Å². The minimum atomic E-state index is 0.124. The molecule has 1 heterocycles. The molecule has 1 aliphatic carbocycles. The standard InChI is InChI=1S/C12H23NO/c1-3-13-11(9-10-5-6-10)12(2)7-4-8-14-12/h10-11,13H,3-9H2,1-2H3. The predicted octanol–water partition coefficient (Wildman–Crippen LogP) is 2.33. The van der Waals surface area contributed by atoms with Crippen LogP contribution < -0.4 is 5.32 Å². The van der Waals surface area contributed by atoms with E-state index >= 15 is 0 Å². The molecule has 2 aliphatic rings. The van der Waals surface area contributed by atoms with Crippen LogP contribution in [0.3, 0.4) is 0 Å². The zero-order valence-electron chi connectivity index (χ0n) is 9.51. The Morgan fingerprint density at radius 1 is 1.50 bits per heavy atom. The molecule has 2 unspecified atom stereocenters. The lowest BCUT2D eigenvalue weighted by Gasteiger charge is -2.34. The van der Waals surface area contributed by atoms with Gasteiger partial charge in [-0.3, -0.25) is 0 Å². The Kier molecular flexibility index (Phi) is 3.13. The second-order valence-corrected chi connectivity index (χ2v) is 5.05. The minimum Gasteiger partial charge on any atom is -0.374 e. The highest BCUT2D eigenvalue weighted by Crippen LogP contribution is 2.39. The molecular weight excluding hydrogens is 174 g/mol. The van der Waals surface area contributed by atoms with E-state index in [-0.39, 0.29) is 5.60 Å². The number of nitrogens with one attached hydrogen (secondary N) is 1. The molecule has 2 rings (SSSR count). The van der Waals surface area contributed by atoms with Gasteiger partial charge < -0.3 is 10.1 Å². The summed E-state index contributed by atoms with van der Waals surface area (Å²) in [6.45, 7) is 6.51. The molecule has 0 radical (unpaired) electrons. The van der Waals surface area contributed by atoms with E-state index in [1.807, 2.05) is 0 Å². The molecule has 82 valence electrons. The molecule has 14 heavy (non-hydrogen) atoms. The van der Waals surface area contributed by atoms with Gasteiger partial charge in [0.1, 0.15) is 0 Å². The molecule has 0 aromatic rings. The summed E-state index contributed by atoms with van der Waals surface area (Å²) in [4.78, 5) is 0. The fourth-order valence-electron chi connectivity index (χ4n) is 2.56. The molecule has 0 aromatic heterocycles. The van der Waals surface area contributed by atoms with Crippen molar-refractivity contribution < 1.29 is 4.74 Å². The van der Waals surface area contributed by atoms with Gasteiger partial charge in [0.05, 0.1) is 5.60 Å². The lowest BCUT2D eigenvalue weighted by molar-refractivity contribution is -0.0148. The Morgan fingerprint density at radius 2 is 2.29 bits per heavy atom. The molecule has 0 amide bonds. The van der Waals surface area contributed by atoms with Gasteiger partial charge in [-0.2, -0.15) is 0 Å². The number of hydrogen-bond donors (Lipinski definition) is 1. The first kappa shape index (κ1) is 10.4. The van der Waals surface area contributed by atoms with Gasteiger partial charge in [-0.1, -0.05) is 19.8 Å². The third kappa shape index (κ3) is 2.29. The SMILES string of the molecule is CCNC(CC1CC1)C1(C)CCCO1. The molecule has 1 N–H and O–H groups in total. The first-order chi connectivity index (χ1) is 6.74. The molecule has 1 aliphatic heterocycles. The Labute approximate surface area is 87.4 Å². The largest absolute Gasteiger partial charge is 0.374 e. The Bertz CT molecular complexity index is 183. The normalized spacial score (nSPS) is 34.7. The summed E-state index contributed by atoms with van der Waals surface area (Å²) in [7, 11) is 0. The molecule has 0 bridgehead atoms. The van der Waals surface area contributed by atoms with Gasteiger partial charge in [0, 0.05) is 12.6 Å². The van der Waals surface area contributed by atoms with Crippen molar-refractivity contribution >= 4 is 0 Å². The Balaban J connectivity index is 1.92. The topological polar surface area (TPSA) is 21.3 Å². The minimum absolute atomic E-state index is 0.124. The third-order valence-electron chi connectivity index (χ3n) is 3.70. The van der Waals surface area contributed by atoms with Crippen LogP contribution in [0.15, 0.2) is 0 Å². The quantitative estimate of drug-likeness (QED) is 0.730. The summed E-state index contributed by atoms with van der Waals surface area (Å²) in [6.07, 6.45) is 6.68. The molecule has 1 saturated carbocycles. The maximum absolute atomic E-state index is 5.92. The second kappa shape index (κ2) is 4.19. The predicted molar refractivity (Wildman–Crippen MR) is 58.4 cm³/mol. The average Bonchev–Trinajstić information content (AvgIpc) is 2.87. The van der Waals surface area contributed by atoms with Crippen LogP contribution in [0.2, 0.25) is 0 Å². The maximum Gasteiger partial charge on any atom is 0.0807 e. The second-order valence-electron chi connectivity index (χ2n) is 5.05. The smallest absolute Gasteiger partial charge is 0.0807 e. The highest BCUT2D eigenvalue weighted by atomic mass is 16.5. The van der Waals surface area contributed by atoms with Crippen LogP contribution in [0, 0.1) is 5.92 Å². The van der Waals surface area contributed by atoms with E-state index in [1.165, 1.54) is 32.1 Å². The van der Waals surface area contributed by atoms with Gasteiger partial charge in [0.15, 0.2) is 0 Å². The first-order valence-electron chi connectivity index (χ1n) is 6.12. The van der Waals surface area contributed by atoms with Crippen LogP contribution >= 0.6 is 0 Å². The molecule has 2 nitrogen and oxygen atoms in total. The Hall–Kier alpha value is -0.0800. The van der Waals surface area contributed by atoms with Crippen molar-refractivity contribution in [2.75, 3.05) is 13.2 Å². The van der Waals surface area contributed by atoms with Crippen molar-refractivity contribution in [3.63, 3.8) is 0 Å². The molecule has 2 fully saturated rings. The zero-order valence-corrected chi connectivity index (χ0v) is 9.51. The summed E-state index contributed by atoms with van der Waals surface area (Å²) in [6, 6.07) is 0.586. The summed E-state index contributed by atoms with van der Waals surface area (Å²) < 4.78 is 5.92. The van der Waals surface area contributed by atoms with Crippen molar-refractivity contribution in [3.8, 4) is 0 Å². The van der Waals surface area contributed by atoms with Crippen LogP contribution in [0.4, 0.5) is 0 Å². The van der Waals surface area contributed by atoms with Gasteiger partial charge >= 0.3 is 0 Å². The van der Waals surface area contributed by atoms with E-state index < -0.39 is 0 Å². The number of likely N-dealkylation sites (N-methyl/N-ethyl adjacent to an activating group) is 1. The molecular formula is C12H23NO. The van der Waals surface area contributed by atoms with Crippen molar-refractivity contribution in [1.29, 1.82) is 0 Å². The van der Waals surface area contributed by atoms with Crippen molar-refractivity contribution in [1.82, 2.24) is 5.32 Å². The highest BCUT2D eigenvalue weighted by molar-refractivity contribution is 4.95. The van der Waals surface area contributed by atoms with Gasteiger partial charge in [0.25, 0.3) is 0 Å². The molecule has 2 heteroatoms. The number of ether oxygens (including phenoxy) is 1. The van der Waals surface area contributed by atoms with Crippen molar-refractivity contribution in [3.05, 3.63) is 0 Å². The average molecular weight is 197 g/mol. The summed E-state index contributed by atoms with van der Waals surface area (Å²) in [5.74, 6) is 0.986. The summed E-state index contributed by atoms with van der Waals surface area (Å²) in [5.41, 5.74) is 0.124. The van der Waals surface area contributed by atoms with Crippen LogP contribution in [0.1, 0.15) is 46.0 Å². The molecule has 1 saturated heterocycles. The zero-order chi connectivity index (χ0) is 10.0. The summed E-state index contributed by atoms with van der Waals surface area (Å²) in [5, 5.41) is 3.61. The van der Waals surface area contributed by atoms with E-state index in [0.29, 0.717) is 6.04 Å². The third-order valence-corrected chi connectivity index (χ3v) is 3.70. The van der Waals surface area contributed by atoms with Crippen molar-refractivity contribution in [2.45, 2.75) is 57.6 Å². The fourth-order valence-corrected chi connectivity index (χ4v) is 2.56. The molecule has 2 atom stereocenters. The van der Waals surface area contributed by atoms with Crippen LogP contribution in [-0.4, -0.2) is 24.8 Å². The van der Waals surface area contributed by atoms with E-state index in [0.717, 1.165) is 19.1 Å². The van der Waals surface area contributed by atoms with E-state index in [9.17, 15) is 0 Å². The lowest BCUT2D eigenvalue weighted by Crippen LogP contribution is -2.48. The summed E-state index contributed by atoms with van der Waals surface area (Å²) >= 11 is 0. The van der Waals surface area contributed by atoms with Gasteiger partial charge in [-0.25, -0.2) is 0 Å². The number of hydrogen-bond acceptors (Lipinski definition) is 2. The van der Waals surface area contributed by atoms with Crippen LogP contribution in [-0.2, 0) is 4.74 Å². The highest BCUT2D eigenvalue weighted by Gasteiger charge is 2.40. The van der Waals surface area contributed by atoms with Gasteiger partial charge in [0.2, 0.25) is 0 Å². The van der Waals surface area contributed by atoms with E-state index in [2.05, 4.69) is 19.2 Å². The fraction of sp³-hybridized carbons (Fsp3) is 1.00. The molecule has 0 spiro atoms. The molecule has 0 aromatic carbocycles. The van der Waals surface area contributed by atoms with Crippen molar-refractivity contribution in [2.24, 2.45) is 5.92 Å². The maximum atomic E-state index is 5.92. The number of rotatable bonds is 5. The first-order valence-corrected chi connectivity index (χ1v) is 6.12. The monoisotopic (exact) mass is 197 g/mol. The van der Waals surface area contributed by atoms with Gasteiger partial charge in [-0.15, -0.1) is 0 Å². The van der Waals surface area contributed by atoms with E-state index in [4.69, 9.17) is 4.74 Å².